The number of ether oxygens (including phenoxy) is 1. The molecule has 28 heavy (non-hydrogen) atoms. The second kappa shape index (κ2) is 6.04. The van der Waals surface area contributed by atoms with Gasteiger partial charge in [-0.1, -0.05) is 17.3 Å². The van der Waals surface area contributed by atoms with E-state index in [0.29, 0.717) is 28.9 Å². The summed E-state index contributed by atoms with van der Waals surface area (Å²) in [5.41, 5.74) is 0.843. The van der Waals surface area contributed by atoms with E-state index in [1.54, 1.807) is 19.2 Å². The van der Waals surface area contributed by atoms with Gasteiger partial charge < -0.3 is 14.2 Å². The lowest BCUT2D eigenvalue weighted by atomic mass is 9.88. The molecule has 1 amide bonds. The van der Waals surface area contributed by atoms with E-state index in [1.807, 2.05) is 4.90 Å². The van der Waals surface area contributed by atoms with Crippen LogP contribution in [0, 0.1) is 17.8 Å². The number of rotatable bonds is 3. The summed E-state index contributed by atoms with van der Waals surface area (Å²) in [4.78, 5) is 18.4. The lowest BCUT2D eigenvalue weighted by molar-refractivity contribution is -0.159. The minimum absolute atomic E-state index is 0.0715. The fourth-order valence-corrected chi connectivity index (χ4v) is 5.34. The normalized spacial score (nSPS) is 31.0. The number of amides is 1. The van der Waals surface area contributed by atoms with Gasteiger partial charge in [0.05, 0.1) is 12.1 Å². The maximum absolute atomic E-state index is 13.1. The second-order valence-electron chi connectivity index (χ2n) is 7.80. The Balaban J connectivity index is 1.36. The van der Waals surface area contributed by atoms with Gasteiger partial charge in [-0.15, -0.1) is 0 Å². The number of carbonyl (C=O) groups excluding carboxylic acids is 1. The number of carbonyl (C=O) groups is 1. The number of likely N-dealkylation sites (tertiary alicyclic amines) is 1. The summed E-state index contributed by atoms with van der Waals surface area (Å²) in [6.45, 7) is 0.742. The van der Waals surface area contributed by atoms with Gasteiger partial charge in [0.2, 0.25) is 5.82 Å². The van der Waals surface area contributed by atoms with Crippen LogP contribution < -0.4 is 0 Å². The van der Waals surface area contributed by atoms with Gasteiger partial charge in [-0.2, -0.15) is 18.2 Å². The Morgan fingerprint density at radius 1 is 1.21 bits per heavy atom. The highest BCUT2D eigenvalue weighted by molar-refractivity contribution is 5.95. The van der Waals surface area contributed by atoms with Gasteiger partial charge in [0.25, 0.3) is 5.91 Å². The lowest BCUT2D eigenvalue weighted by Gasteiger charge is -2.31. The quantitative estimate of drug-likeness (QED) is 0.801. The second-order valence-corrected chi connectivity index (χ2v) is 7.80. The van der Waals surface area contributed by atoms with Crippen LogP contribution in [0.4, 0.5) is 13.2 Å². The van der Waals surface area contributed by atoms with E-state index in [9.17, 15) is 18.0 Å². The highest BCUT2D eigenvalue weighted by atomic mass is 19.4. The van der Waals surface area contributed by atoms with Gasteiger partial charge in [0.15, 0.2) is 0 Å². The van der Waals surface area contributed by atoms with Gasteiger partial charge in [-0.25, -0.2) is 0 Å². The molecule has 3 fully saturated rings. The Bertz CT molecular complexity index is 909. The highest BCUT2D eigenvalue weighted by Gasteiger charge is 2.60. The third-order valence-electron chi connectivity index (χ3n) is 6.41. The number of benzene rings is 1. The smallest absolute Gasteiger partial charge is 0.379 e. The third kappa shape index (κ3) is 2.56. The van der Waals surface area contributed by atoms with Gasteiger partial charge in [0.1, 0.15) is 0 Å². The van der Waals surface area contributed by atoms with Crippen molar-refractivity contribution in [2.75, 3.05) is 13.7 Å². The molecule has 2 aromatic rings. The minimum atomic E-state index is -4.69. The van der Waals surface area contributed by atoms with Crippen molar-refractivity contribution in [2.24, 2.45) is 17.8 Å². The average molecular weight is 393 g/mol. The predicted molar refractivity (Wildman–Crippen MR) is 90.1 cm³/mol. The first-order chi connectivity index (χ1) is 13.4. The van der Waals surface area contributed by atoms with Crippen molar-refractivity contribution in [1.29, 1.82) is 0 Å². The Morgan fingerprint density at radius 2 is 1.96 bits per heavy atom. The standard InChI is InChI=1S/C19H18F3N3O3/c1-27-15-11-6-12-8-25(14(15)13(12)7-11)17(26)10-4-2-9(3-5-10)16-23-18(28-24-16)19(20,21)22/h2-5,11-15H,6-8H2,1H3/t11-,12-,13-,14+,15+/m0/s1. The Kier molecular flexibility index (Phi) is 3.81. The molecule has 148 valence electrons. The van der Waals surface area contributed by atoms with Crippen LogP contribution in [0.25, 0.3) is 11.4 Å². The van der Waals surface area contributed by atoms with Crippen molar-refractivity contribution in [3.8, 4) is 11.4 Å². The van der Waals surface area contributed by atoms with Crippen molar-refractivity contribution in [3.63, 3.8) is 0 Å². The molecule has 2 heterocycles. The van der Waals surface area contributed by atoms with Crippen molar-refractivity contribution < 1.29 is 27.2 Å². The summed E-state index contributed by atoms with van der Waals surface area (Å²) in [6, 6.07) is 6.38. The molecule has 1 aromatic heterocycles. The molecule has 1 aromatic carbocycles. The Hall–Kier alpha value is -2.42. The molecular formula is C19H18F3N3O3. The van der Waals surface area contributed by atoms with Crippen molar-refractivity contribution >= 4 is 5.91 Å². The largest absolute Gasteiger partial charge is 0.471 e. The molecule has 5 atom stereocenters. The van der Waals surface area contributed by atoms with E-state index in [2.05, 4.69) is 14.7 Å². The van der Waals surface area contributed by atoms with Crippen molar-refractivity contribution in [3.05, 3.63) is 35.7 Å². The highest BCUT2D eigenvalue weighted by Crippen LogP contribution is 2.56. The average Bonchev–Trinajstić information content (AvgIpc) is 3.40. The molecule has 2 bridgehead atoms. The molecule has 0 radical (unpaired) electrons. The summed E-state index contributed by atoms with van der Waals surface area (Å²) in [6.07, 6.45) is -2.36. The van der Waals surface area contributed by atoms with Crippen LogP contribution in [0.2, 0.25) is 0 Å². The molecular weight excluding hydrogens is 375 g/mol. The lowest BCUT2D eigenvalue weighted by Crippen LogP contribution is -2.44. The number of hydrogen-bond acceptors (Lipinski definition) is 5. The molecule has 1 aliphatic heterocycles. The third-order valence-corrected chi connectivity index (χ3v) is 6.41. The van der Waals surface area contributed by atoms with Crippen LogP contribution in [0.15, 0.2) is 28.8 Å². The van der Waals surface area contributed by atoms with Crippen LogP contribution >= 0.6 is 0 Å². The molecule has 1 saturated heterocycles. The number of hydrogen-bond donors (Lipinski definition) is 0. The fraction of sp³-hybridized carbons (Fsp3) is 0.526. The zero-order chi connectivity index (χ0) is 19.6. The number of halogens is 3. The van der Waals surface area contributed by atoms with Gasteiger partial charge >= 0.3 is 12.1 Å². The Morgan fingerprint density at radius 3 is 2.61 bits per heavy atom. The summed E-state index contributed by atoms with van der Waals surface area (Å²) < 4.78 is 47.8. The zero-order valence-electron chi connectivity index (χ0n) is 15.0. The van der Waals surface area contributed by atoms with E-state index >= 15 is 0 Å². The van der Waals surface area contributed by atoms with Gasteiger partial charge in [-0.3, -0.25) is 4.79 Å². The summed E-state index contributed by atoms with van der Waals surface area (Å²) in [5.74, 6) is -0.0350. The summed E-state index contributed by atoms with van der Waals surface area (Å²) in [7, 11) is 1.70. The molecule has 0 N–H and O–H groups in total. The molecule has 6 nitrogen and oxygen atoms in total. The van der Waals surface area contributed by atoms with Crippen LogP contribution in [-0.2, 0) is 10.9 Å². The van der Waals surface area contributed by atoms with E-state index in [1.165, 1.54) is 12.1 Å². The predicted octanol–water partition coefficient (Wildman–Crippen LogP) is 3.25. The van der Waals surface area contributed by atoms with Crippen molar-refractivity contribution in [1.82, 2.24) is 15.0 Å². The minimum Gasteiger partial charge on any atom is -0.379 e. The number of methoxy groups -OCH3 is 1. The molecule has 2 aliphatic carbocycles. The van der Waals surface area contributed by atoms with Crippen molar-refractivity contribution in [2.45, 2.75) is 31.2 Å². The maximum Gasteiger partial charge on any atom is 0.471 e. The monoisotopic (exact) mass is 393 g/mol. The van der Waals surface area contributed by atoms with Gasteiger partial charge in [0, 0.05) is 24.8 Å². The zero-order valence-corrected chi connectivity index (χ0v) is 15.0. The van der Waals surface area contributed by atoms with E-state index in [4.69, 9.17) is 4.74 Å². The molecule has 2 saturated carbocycles. The summed E-state index contributed by atoms with van der Waals surface area (Å²) >= 11 is 0. The molecule has 3 aliphatic rings. The molecule has 9 heteroatoms. The first-order valence-corrected chi connectivity index (χ1v) is 9.22. The SMILES string of the molecule is CO[C@@H]1[C@H]2C[C@H]3CN(C(=O)c4ccc(-c5noc(C(F)(F)F)n5)cc4)[C@@H]1[C@H]3C2. The molecule has 0 spiro atoms. The fourth-order valence-electron chi connectivity index (χ4n) is 5.34. The molecule has 0 unspecified atom stereocenters. The number of alkyl halides is 3. The van der Waals surface area contributed by atoms with E-state index < -0.39 is 12.1 Å². The van der Waals surface area contributed by atoms with Crippen LogP contribution in [-0.4, -0.2) is 46.7 Å². The summed E-state index contributed by atoms with van der Waals surface area (Å²) in [5, 5.41) is 3.37. The first-order valence-electron chi connectivity index (χ1n) is 9.22. The molecule has 5 rings (SSSR count). The topological polar surface area (TPSA) is 68.5 Å². The van der Waals surface area contributed by atoms with Crippen LogP contribution in [0.5, 0.6) is 0 Å². The maximum atomic E-state index is 13.1. The van der Waals surface area contributed by atoms with Gasteiger partial charge in [-0.05, 0) is 42.7 Å². The number of nitrogens with zero attached hydrogens (tertiary/aromatic N) is 3. The van der Waals surface area contributed by atoms with Crippen LogP contribution in [0.3, 0.4) is 0 Å². The van der Waals surface area contributed by atoms with Crippen LogP contribution in [0.1, 0.15) is 29.1 Å². The first kappa shape index (κ1) is 17.7. The number of aromatic nitrogens is 2. The number of fused-ring (bicyclic) bond motifs is 1. The van der Waals surface area contributed by atoms with E-state index in [0.717, 1.165) is 19.4 Å². The van der Waals surface area contributed by atoms with E-state index in [-0.39, 0.29) is 23.9 Å². The Labute approximate surface area is 158 Å².